The highest BCUT2D eigenvalue weighted by Gasteiger charge is 2.23. The van der Waals surface area contributed by atoms with Gasteiger partial charge in [0, 0.05) is 28.6 Å². The Labute approximate surface area is 144 Å². The van der Waals surface area contributed by atoms with Crippen LogP contribution >= 0.6 is 22.7 Å². The Hall–Kier alpha value is -2.50. The number of thiazole rings is 1. The molecule has 4 heterocycles. The zero-order chi connectivity index (χ0) is 16.7. The lowest BCUT2D eigenvalue weighted by molar-refractivity contribution is 0.598. The first-order valence-electron chi connectivity index (χ1n) is 7.42. The summed E-state index contributed by atoms with van der Waals surface area (Å²) in [7, 11) is 0. The van der Waals surface area contributed by atoms with E-state index in [0.29, 0.717) is 24.4 Å². The molecular weight excluding hydrogens is 344 g/mol. The van der Waals surface area contributed by atoms with Crippen LogP contribution in [0.5, 0.6) is 0 Å². The van der Waals surface area contributed by atoms with Crippen LogP contribution in [0.15, 0.2) is 31.8 Å². The summed E-state index contributed by atoms with van der Waals surface area (Å²) in [5.41, 5.74) is 1.48. The van der Waals surface area contributed by atoms with E-state index in [4.69, 9.17) is 0 Å². The molecule has 24 heavy (non-hydrogen) atoms. The fraction of sp³-hybridized carbons (Fsp3) is 0.250. The molecule has 3 aromatic heterocycles. The van der Waals surface area contributed by atoms with Gasteiger partial charge in [-0.05, 0) is 24.3 Å². The lowest BCUT2D eigenvalue weighted by Gasteiger charge is -2.09. The molecule has 0 aromatic carbocycles. The van der Waals surface area contributed by atoms with Crippen LogP contribution in [0.3, 0.4) is 0 Å². The largest absolute Gasteiger partial charge is 0.331 e. The third kappa shape index (κ3) is 2.33. The monoisotopic (exact) mass is 356 g/mol. The number of hydrogen-bond acceptors (Lipinski definition) is 6. The third-order valence-corrected chi connectivity index (χ3v) is 5.71. The predicted octanol–water partition coefficient (Wildman–Crippen LogP) is 2.06. The van der Waals surface area contributed by atoms with Gasteiger partial charge in [-0.15, -0.1) is 11.3 Å². The Balaban J connectivity index is 1.78. The fourth-order valence-electron chi connectivity index (χ4n) is 2.95. The Morgan fingerprint density at radius 1 is 1.33 bits per heavy atom. The molecule has 0 radical (unpaired) electrons. The van der Waals surface area contributed by atoms with Gasteiger partial charge >= 0.3 is 5.69 Å². The average Bonchev–Trinajstić information content (AvgIpc) is 3.31. The summed E-state index contributed by atoms with van der Waals surface area (Å²) in [5.74, 6) is 0. The second-order valence-electron chi connectivity index (χ2n) is 5.52. The Morgan fingerprint density at radius 3 is 2.96 bits per heavy atom. The molecule has 6 nitrogen and oxygen atoms in total. The van der Waals surface area contributed by atoms with Crippen molar-refractivity contribution in [1.82, 2.24) is 14.1 Å². The number of fused-ring (bicyclic) bond motifs is 1. The minimum absolute atomic E-state index is 0.0837. The van der Waals surface area contributed by atoms with Crippen molar-refractivity contribution in [3.05, 3.63) is 60.0 Å². The minimum Gasteiger partial charge on any atom is -0.296 e. The molecule has 0 N–H and O–H groups in total. The van der Waals surface area contributed by atoms with Gasteiger partial charge < -0.3 is 0 Å². The fourth-order valence-corrected chi connectivity index (χ4v) is 4.47. The van der Waals surface area contributed by atoms with Gasteiger partial charge in [0.15, 0.2) is 0 Å². The van der Waals surface area contributed by atoms with Gasteiger partial charge in [0.25, 0.3) is 5.56 Å². The number of thiophene rings is 1. The molecule has 0 spiro atoms. The van der Waals surface area contributed by atoms with Crippen molar-refractivity contribution in [2.45, 2.75) is 25.9 Å². The number of aromatic nitrogens is 3. The summed E-state index contributed by atoms with van der Waals surface area (Å²) in [5, 5.41) is 16.0. The molecule has 0 amide bonds. The standard InChI is InChI=1S/C16H12N4O2S2/c17-6-12-13-2-1-4-19(13)16(22)20(15(12)21)7-11-9-24-14(18-11)10-3-5-23-8-10/h3,5,8-9H,1-2,4,7H2. The summed E-state index contributed by atoms with van der Waals surface area (Å²) in [4.78, 5) is 29.6. The molecule has 120 valence electrons. The van der Waals surface area contributed by atoms with Crippen LogP contribution in [0.4, 0.5) is 0 Å². The molecule has 0 aliphatic carbocycles. The zero-order valence-corrected chi connectivity index (χ0v) is 14.2. The molecule has 0 bridgehead atoms. The van der Waals surface area contributed by atoms with E-state index in [1.165, 1.54) is 11.3 Å². The van der Waals surface area contributed by atoms with Gasteiger partial charge in [0.1, 0.15) is 16.6 Å². The number of nitriles is 1. The Bertz CT molecular complexity index is 1070. The molecule has 0 fully saturated rings. The van der Waals surface area contributed by atoms with Crippen LogP contribution in [0, 0.1) is 11.3 Å². The maximum absolute atomic E-state index is 12.6. The van der Waals surface area contributed by atoms with E-state index in [-0.39, 0.29) is 17.8 Å². The maximum Gasteiger partial charge on any atom is 0.331 e. The molecule has 1 aliphatic heterocycles. The molecule has 4 rings (SSSR count). The molecule has 0 atom stereocenters. The van der Waals surface area contributed by atoms with E-state index in [1.54, 1.807) is 15.9 Å². The van der Waals surface area contributed by atoms with Gasteiger partial charge in [0.2, 0.25) is 0 Å². The normalized spacial score (nSPS) is 13.0. The van der Waals surface area contributed by atoms with Crippen molar-refractivity contribution < 1.29 is 0 Å². The summed E-state index contributed by atoms with van der Waals surface area (Å²) in [6.07, 6.45) is 1.39. The number of nitrogens with zero attached hydrogens (tertiary/aromatic N) is 4. The van der Waals surface area contributed by atoms with Crippen LogP contribution < -0.4 is 11.2 Å². The Morgan fingerprint density at radius 2 is 2.21 bits per heavy atom. The molecule has 8 heteroatoms. The molecule has 0 saturated heterocycles. The van der Waals surface area contributed by atoms with Crippen molar-refractivity contribution in [3.8, 4) is 16.6 Å². The SMILES string of the molecule is N#Cc1c2n(c(=O)n(Cc3csc(-c4ccsc4)n3)c1=O)CCC2. The van der Waals surface area contributed by atoms with Crippen LogP contribution in [-0.4, -0.2) is 14.1 Å². The number of rotatable bonds is 3. The molecule has 0 unspecified atom stereocenters. The Kier molecular flexibility index (Phi) is 3.67. The average molecular weight is 356 g/mol. The van der Waals surface area contributed by atoms with Crippen molar-refractivity contribution in [1.29, 1.82) is 5.26 Å². The van der Waals surface area contributed by atoms with Crippen molar-refractivity contribution >= 4 is 22.7 Å². The first kappa shape index (κ1) is 15.1. The zero-order valence-electron chi connectivity index (χ0n) is 12.6. The van der Waals surface area contributed by atoms with Gasteiger partial charge in [-0.1, -0.05) is 0 Å². The second-order valence-corrected chi connectivity index (χ2v) is 7.16. The van der Waals surface area contributed by atoms with E-state index in [2.05, 4.69) is 4.98 Å². The minimum atomic E-state index is -0.513. The molecular formula is C16H12N4O2S2. The lowest BCUT2D eigenvalue weighted by atomic mass is 10.2. The molecule has 1 aliphatic rings. The smallest absolute Gasteiger partial charge is 0.296 e. The van der Waals surface area contributed by atoms with Crippen LogP contribution in [-0.2, 0) is 19.5 Å². The lowest BCUT2D eigenvalue weighted by Crippen LogP contribution is -2.42. The number of hydrogen-bond donors (Lipinski definition) is 0. The van der Waals surface area contributed by atoms with E-state index >= 15 is 0 Å². The van der Waals surface area contributed by atoms with E-state index in [0.717, 1.165) is 21.6 Å². The van der Waals surface area contributed by atoms with E-state index in [9.17, 15) is 14.9 Å². The van der Waals surface area contributed by atoms with Crippen LogP contribution in [0.1, 0.15) is 23.4 Å². The highest BCUT2D eigenvalue weighted by molar-refractivity contribution is 7.14. The van der Waals surface area contributed by atoms with Gasteiger partial charge in [-0.2, -0.15) is 16.6 Å². The summed E-state index contributed by atoms with van der Waals surface area (Å²) in [6, 6.07) is 3.95. The first-order valence-corrected chi connectivity index (χ1v) is 9.25. The quantitative estimate of drug-likeness (QED) is 0.719. The topological polar surface area (TPSA) is 80.7 Å². The van der Waals surface area contributed by atoms with Crippen LogP contribution in [0.2, 0.25) is 0 Å². The van der Waals surface area contributed by atoms with Crippen molar-refractivity contribution in [2.24, 2.45) is 0 Å². The second kappa shape index (κ2) is 5.85. The first-order chi connectivity index (χ1) is 11.7. The highest BCUT2D eigenvalue weighted by Crippen LogP contribution is 2.25. The van der Waals surface area contributed by atoms with Crippen LogP contribution in [0.25, 0.3) is 10.6 Å². The predicted molar refractivity (Wildman–Crippen MR) is 92.5 cm³/mol. The van der Waals surface area contributed by atoms with Crippen molar-refractivity contribution in [2.75, 3.05) is 0 Å². The van der Waals surface area contributed by atoms with E-state index in [1.807, 2.05) is 28.3 Å². The van der Waals surface area contributed by atoms with Crippen molar-refractivity contribution in [3.63, 3.8) is 0 Å². The maximum atomic E-state index is 12.6. The highest BCUT2D eigenvalue weighted by atomic mass is 32.1. The summed E-state index contributed by atoms with van der Waals surface area (Å²) >= 11 is 3.07. The third-order valence-electron chi connectivity index (χ3n) is 4.08. The summed E-state index contributed by atoms with van der Waals surface area (Å²) < 4.78 is 2.67. The van der Waals surface area contributed by atoms with Gasteiger partial charge in [-0.3, -0.25) is 13.9 Å². The van der Waals surface area contributed by atoms with Gasteiger partial charge in [0.05, 0.1) is 12.2 Å². The molecule has 0 saturated carbocycles. The van der Waals surface area contributed by atoms with Gasteiger partial charge in [-0.25, -0.2) is 9.78 Å². The molecule has 3 aromatic rings. The summed E-state index contributed by atoms with van der Waals surface area (Å²) in [6.45, 7) is 0.646. The van der Waals surface area contributed by atoms with E-state index < -0.39 is 5.56 Å².